The fourth-order valence-electron chi connectivity index (χ4n) is 4.37. The molecule has 0 fully saturated rings. The number of aliphatic imine (C=N–C) groups is 1. The molecule has 0 saturated carbocycles. The number of rotatable bonds is 9. The van der Waals surface area contributed by atoms with Crippen molar-refractivity contribution >= 4 is 20.8 Å². The molecule has 0 amide bonds. The van der Waals surface area contributed by atoms with Crippen molar-refractivity contribution in [2.75, 3.05) is 26.2 Å². The van der Waals surface area contributed by atoms with Gasteiger partial charge in [-0.1, -0.05) is 34.6 Å². The van der Waals surface area contributed by atoms with Crippen molar-refractivity contribution < 1.29 is 28.7 Å². The lowest BCUT2D eigenvalue weighted by Crippen LogP contribution is -2.77. The third-order valence-corrected chi connectivity index (χ3v) is 7.85. The van der Waals surface area contributed by atoms with E-state index in [9.17, 15) is 28.7 Å². The molecule has 1 aliphatic heterocycles. The van der Waals surface area contributed by atoms with Gasteiger partial charge in [-0.2, -0.15) is 0 Å². The van der Waals surface area contributed by atoms with Crippen molar-refractivity contribution in [2.45, 2.75) is 65.6 Å². The first kappa shape index (κ1) is 24.7. The molecule has 0 aliphatic carbocycles. The Kier molecular flexibility index (Phi) is 7.87. The molecule has 4 N–H and O–H groups in total. The van der Waals surface area contributed by atoms with Gasteiger partial charge in [-0.25, -0.2) is 9.89 Å². The second kappa shape index (κ2) is 8.59. The Bertz CT molecular complexity index is 646. The van der Waals surface area contributed by atoms with Gasteiger partial charge in [0.05, 0.1) is 0 Å². The van der Waals surface area contributed by atoms with Gasteiger partial charge in [0.1, 0.15) is 0 Å². The molecule has 1 rings (SSSR count). The SMILES string of the molecule is CCN(CC)C1(CC)N(CC)C(P(=O)(O)O)=NC(CC)(P(=O)(O)O)N1CC. The smallest absolute Gasteiger partial charge is 0.322 e. The first-order chi connectivity index (χ1) is 12.4. The zero-order valence-electron chi connectivity index (χ0n) is 17.0. The summed E-state index contributed by atoms with van der Waals surface area (Å²) in [6.07, 6.45) is 0.284. The first-order valence-electron chi connectivity index (χ1n) is 9.39. The van der Waals surface area contributed by atoms with E-state index in [4.69, 9.17) is 0 Å². The van der Waals surface area contributed by atoms with E-state index in [0.29, 0.717) is 19.5 Å². The molecule has 27 heavy (non-hydrogen) atoms. The molecule has 0 radical (unpaired) electrons. The molecular formula is C15H34N4O6P2. The van der Waals surface area contributed by atoms with Gasteiger partial charge in [-0.15, -0.1) is 0 Å². The maximum Gasteiger partial charge on any atom is 0.390 e. The van der Waals surface area contributed by atoms with Crippen LogP contribution >= 0.6 is 15.2 Å². The Balaban J connectivity index is 4.10. The van der Waals surface area contributed by atoms with Crippen LogP contribution in [0.1, 0.15) is 54.4 Å². The van der Waals surface area contributed by atoms with Gasteiger partial charge >= 0.3 is 15.2 Å². The highest BCUT2D eigenvalue weighted by Crippen LogP contribution is 2.62. The van der Waals surface area contributed by atoms with Crippen molar-refractivity contribution in [1.29, 1.82) is 0 Å². The Labute approximate surface area is 161 Å². The van der Waals surface area contributed by atoms with Crippen LogP contribution in [0.2, 0.25) is 0 Å². The Morgan fingerprint density at radius 3 is 1.70 bits per heavy atom. The Morgan fingerprint density at radius 2 is 1.44 bits per heavy atom. The Morgan fingerprint density at radius 1 is 0.926 bits per heavy atom. The van der Waals surface area contributed by atoms with Crippen molar-refractivity contribution in [3.8, 4) is 0 Å². The number of hydrogen-bond acceptors (Lipinski definition) is 6. The van der Waals surface area contributed by atoms with Crippen molar-refractivity contribution in [1.82, 2.24) is 14.7 Å². The van der Waals surface area contributed by atoms with Crippen LogP contribution in [0.3, 0.4) is 0 Å². The van der Waals surface area contributed by atoms with E-state index in [1.54, 1.807) is 25.7 Å². The zero-order valence-corrected chi connectivity index (χ0v) is 18.8. The summed E-state index contributed by atoms with van der Waals surface area (Å²) < 4.78 is 25.0. The van der Waals surface area contributed by atoms with E-state index >= 15 is 0 Å². The van der Waals surface area contributed by atoms with Crippen molar-refractivity contribution in [3.05, 3.63) is 0 Å². The predicted octanol–water partition coefficient (Wildman–Crippen LogP) is 1.82. The standard InChI is InChI=1S/C15H34N4O6P2/c1-7-14(27(23,24)25)16-13(26(20,21)22)18(11-5)15(8-2,19(14)12-6)17(9-3)10-4/h7-12H2,1-6H3,(H2,20,21,22)(H2,23,24,25). The summed E-state index contributed by atoms with van der Waals surface area (Å²) in [5, 5.41) is -2.04. The van der Waals surface area contributed by atoms with Gasteiger partial charge in [0.25, 0.3) is 0 Å². The summed E-state index contributed by atoms with van der Waals surface area (Å²) >= 11 is 0. The van der Waals surface area contributed by atoms with Crippen LogP contribution in [-0.2, 0) is 9.13 Å². The lowest BCUT2D eigenvalue weighted by atomic mass is 10.1. The van der Waals surface area contributed by atoms with Gasteiger partial charge in [-0.05, 0) is 32.9 Å². The predicted molar refractivity (Wildman–Crippen MR) is 105 cm³/mol. The average Bonchev–Trinajstić information content (AvgIpc) is 2.59. The topological polar surface area (TPSA) is 137 Å². The maximum atomic E-state index is 12.6. The summed E-state index contributed by atoms with van der Waals surface area (Å²) in [4.78, 5) is 49.7. The highest BCUT2D eigenvalue weighted by atomic mass is 31.2. The Hall–Kier alpha value is -0.310. The van der Waals surface area contributed by atoms with Crippen LogP contribution in [0.4, 0.5) is 0 Å². The second-order valence-electron chi connectivity index (χ2n) is 6.42. The summed E-state index contributed by atoms with van der Waals surface area (Å²) in [6, 6.07) is 0. The minimum absolute atomic E-state index is 0.0881. The number of hydrogen-bond donors (Lipinski definition) is 4. The molecule has 12 heteroatoms. The lowest BCUT2D eigenvalue weighted by molar-refractivity contribution is -0.177. The van der Waals surface area contributed by atoms with Crippen molar-refractivity contribution in [2.24, 2.45) is 4.99 Å². The third-order valence-electron chi connectivity index (χ3n) is 5.40. The van der Waals surface area contributed by atoms with Gasteiger partial charge in [0.15, 0.2) is 5.79 Å². The molecule has 0 saturated heterocycles. The van der Waals surface area contributed by atoms with E-state index < -0.39 is 32.0 Å². The minimum atomic E-state index is -4.90. The zero-order chi connectivity index (χ0) is 21.3. The molecule has 0 aromatic heterocycles. The van der Waals surface area contributed by atoms with E-state index in [-0.39, 0.29) is 19.5 Å². The lowest BCUT2D eigenvalue weighted by Gasteiger charge is -2.63. The molecule has 0 spiro atoms. The third kappa shape index (κ3) is 3.79. The van der Waals surface area contributed by atoms with Crippen LogP contribution in [0.25, 0.3) is 0 Å². The monoisotopic (exact) mass is 428 g/mol. The minimum Gasteiger partial charge on any atom is -0.322 e. The quantitative estimate of drug-likeness (QED) is 0.405. The average molecular weight is 428 g/mol. The van der Waals surface area contributed by atoms with Gasteiger partial charge in [0, 0.05) is 13.1 Å². The largest absolute Gasteiger partial charge is 0.390 e. The molecule has 10 nitrogen and oxygen atoms in total. The molecule has 2 atom stereocenters. The van der Waals surface area contributed by atoms with Crippen LogP contribution in [0.15, 0.2) is 4.99 Å². The van der Waals surface area contributed by atoms with Gasteiger partial charge < -0.3 is 24.5 Å². The summed E-state index contributed by atoms with van der Waals surface area (Å²) in [5.74, 6) is -1.12. The van der Waals surface area contributed by atoms with Crippen LogP contribution in [0.5, 0.6) is 0 Å². The molecule has 2 unspecified atom stereocenters. The van der Waals surface area contributed by atoms with E-state index in [0.717, 1.165) is 0 Å². The second-order valence-corrected chi connectivity index (χ2v) is 9.71. The van der Waals surface area contributed by atoms with Crippen LogP contribution < -0.4 is 0 Å². The van der Waals surface area contributed by atoms with Gasteiger partial charge in [-0.3, -0.25) is 14.0 Å². The normalized spacial score (nSPS) is 28.0. The molecular weight excluding hydrogens is 394 g/mol. The van der Waals surface area contributed by atoms with Crippen LogP contribution in [-0.4, -0.2) is 77.2 Å². The molecule has 1 aliphatic rings. The summed E-state index contributed by atoms with van der Waals surface area (Å²) in [5.41, 5.74) is -0.561. The van der Waals surface area contributed by atoms with Gasteiger partial charge in [0.2, 0.25) is 11.0 Å². The number of amidine groups is 1. The van der Waals surface area contributed by atoms with Crippen molar-refractivity contribution in [3.63, 3.8) is 0 Å². The highest BCUT2D eigenvalue weighted by molar-refractivity contribution is 7.70. The van der Waals surface area contributed by atoms with E-state index in [1.807, 2.05) is 25.7 Å². The maximum absolute atomic E-state index is 12.6. The number of nitrogens with zero attached hydrogens (tertiary/aromatic N) is 4. The molecule has 0 aromatic rings. The molecule has 0 bridgehead atoms. The molecule has 1 heterocycles. The van der Waals surface area contributed by atoms with E-state index in [2.05, 4.69) is 4.99 Å². The summed E-state index contributed by atoms with van der Waals surface area (Å²) in [7, 11) is -9.79. The first-order valence-corrected chi connectivity index (χ1v) is 12.6. The fourth-order valence-corrected chi connectivity index (χ4v) is 6.62. The molecule has 0 aromatic carbocycles. The molecule has 160 valence electrons. The van der Waals surface area contributed by atoms with Crippen LogP contribution in [0, 0.1) is 0 Å². The fraction of sp³-hybridized carbons (Fsp3) is 0.933. The summed E-state index contributed by atoms with van der Waals surface area (Å²) in [6.45, 7) is 12.3. The highest BCUT2D eigenvalue weighted by Gasteiger charge is 2.64. The van der Waals surface area contributed by atoms with E-state index in [1.165, 1.54) is 4.90 Å².